The van der Waals surface area contributed by atoms with Crippen molar-refractivity contribution in [2.75, 3.05) is 5.32 Å². The Kier molecular flexibility index (Phi) is 5.35. The number of pyridine rings is 1. The van der Waals surface area contributed by atoms with Crippen molar-refractivity contribution in [3.63, 3.8) is 0 Å². The highest BCUT2D eigenvalue weighted by Gasteiger charge is 2.16. The van der Waals surface area contributed by atoms with Crippen LogP contribution in [0.1, 0.15) is 18.4 Å². The lowest BCUT2D eigenvalue weighted by molar-refractivity contribution is -0.403. The standard InChI is InChI=1S/C15H13Cl2N3O2/c1-10(11-5-6-15(17)18-8-11)14(9-20(21)22)19-13-4-2-3-12(16)7-13/h2-10,19H,1H3/b14-9-. The summed E-state index contributed by atoms with van der Waals surface area (Å²) in [7, 11) is 0. The molecule has 0 saturated carbocycles. The molecule has 1 N–H and O–H groups in total. The molecule has 0 saturated heterocycles. The molecule has 1 atom stereocenters. The van der Waals surface area contributed by atoms with Gasteiger partial charge in [0.15, 0.2) is 0 Å². The molecule has 0 aliphatic carbocycles. The molecule has 0 amide bonds. The Bertz CT molecular complexity index is 702. The van der Waals surface area contributed by atoms with E-state index >= 15 is 0 Å². The summed E-state index contributed by atoms with van der Waals surface area (Å²) in [5, 5.41) is 14.8. The second kappa shape index (κ2) is 7.24. The van der Waals surface area contributed by atoms with Crippen LogP contribution in [0.15, 0.2) is 54.5 Å². The Morgan fingerprint density at radius 1 is 1.36 bits per heavy atom. The zero-order valence-electron chi connectivity index (χ0n) is 11.7. The molecule has 0 aliphatic heterocycles. The molecule has 2 aromatic rings. The van der Waals surface area contributed by atoms with E-state index in [1.165, 1.54) is 0 Å². The number of halogens is 2. The Morgan fingerprint density at radius 3 is 2.73 bits per heavy atom. The van der Waals surface area contributed by atoms with E-state index in [9.17, 15) is 10.1 Å². The number of aromatic nitrogens is 1. The smallest absolute Gasteiger partial charge is 0.254 e. The van der Waals surface area contributed by atoms with Gasteiger partial charge in [-0.3, -0.25) is 10.1 Å². The van der Waals surface area contributed by atoms with Gasteiger partial charge in [0.05, 0.1) is 10.6 Å². The first-order chi connectivity index (χ1) is 10.5. The van der Waals surface area contributed by atoms with Gasteiger partial charge >= 0.3 is 0 Å². The number of allylic oxidation sites excluding steroid dienone is 1. The van der Waals surface area contributed by atoms with Crippen molar-refractivity contribution in [3.05, 3.63) is 80.3 Å². The predicted molar refractivity (Wildman–Crippen MR) is 87.8 cm³/mol. The largest absolute Gasteiger partial charge is 0.353 e. The molecule has 22 heavy (non-hydrogen) atoms. The third-order valence-electron chi connectivity index (χ3n) is 3.07. The SMILES string of the molecule is CC(/C(=C/[N+](=O)[O-])Nc1cccc(Cl)c1)c1ccc(Cl)nc1. The highest BCUT2D eigenvalue weighted by molar-refractivity contribution is 6.30. The van der Waals surface area contributed by atoms with Crippen molar-refractivity contribution < 1.29 is 4.92 Å². The van der Waals surface area contributed by atoms with Crippen LogP contribution < -0.4 is 5.32 Å². The maximum atomic E-state index is 10.9. The van der Waals surface area contributed by atoms with E-state index < -0.39 is 4.92 Å². The molecule has 0 spiro atoms. The summed E-state index contributed by atoms with van der Waals surface area (Å²) in [5.41, 5.74) is 1.91. The van der Waals surface area contributed by atoms with Gasteiger partial charge in [0, 0.05) is 22.8 Å². The summed E-state index contributed by atoms with van der Waals surface area (Å²) in [5.74, 6) is -0.255. The van der Waals surface area contributed by atoms with Crippen LogP contribution >= 0.6 is 23.2 Å². The van der Waals surface area contributed by atoms with E-state index in [0.717, 1.165) is 11.8 Å². The summed E-state index contributed by atoms with van der Waals surface area (Å²) in [6, 6.07) is 10.4. The average Bonchev–Trinajstić information content (AvgIpc) is 2.46. The monoisotopic (exact) mass is 337 g/mol. The number of hydrogen-bond donors (Lipinski definition) is 1. The van der Waals surface area contributed by atoms with Crippen LogP contribution in [0.3, 0.4) is 0 Å². The van der Waals surface area contributed by atoms with Gasteiger partial charge in [-0.1, -0.05) is 42.3 Å². The topological polar surface area (TPSA) is 68.1 Å². The zero-order chi connectivity index (χ0) is 16.1. The van der Waals surface area contributed by atoms with E-state index in [2.05, 4.69) is 10.3 Å². The summed E-state index contributed by atoms with van der Waals surface area (Å²) in [6.45, 7) is 1.85. The van der Waals surface area contributed by atoms with Gasteiger partial charge in [0.25, 0.3) is 6.20 Å². The quantitative estimate of drug-likeness (QED) is 0.486. The number of rotatable bonds is 5. The van der Waals surface area contributed by atoms with Gasteiger partial charge in [-0.05, 0) is 29.8 Å². The lowest BCUT2D eigenvalue weighted by atomic mass is 9.99. The number of nitrogens with zero attached hydrogens (tertiary/aromatic N) is 2. The van der Waals surface area contributed by atoms with Crippen LogP contribution in [0.4, 0.5) is 5.69 Å². The molecule has 1 aromatic heterocycles. The molecule has 0 bridgehead atoms. The number of nitrogens with one attached hydrogen (secondary N) is 1. The van der Waals surface area contributed by atoms with Gasteiger partial charge in [-0.2, -0.15) is 0 Å². The summed E-state index contributed by atoms with van der Waals surface area (Å²) < 4.78 is 0. The maximum absolute atomic E-state index is 10.9. The molecule has 1 unspecified atom stereocenters. The zero-order valence-corrected chi connectivity index (χ0v) is 13.2. The summed E-state index contributed by atoms with van der Waals surface area (Å²) in [4.78, 5) is 14.4. The van der Waals surface area contributed by atoms with Crippen LogP contribution in [-0.4, -0.2) is 9.91 Å². The summed E-state index contributed by atoms with van der Waals surface area (Å²) in [6.07, 6.45) is 2.54. The summed E-state index contributed by atoms with van der Waals surface area (Å²) >= 11 is 11.7. The maximum Gasteiger partial charge on any atom is 0.254 e. The van der Waals surface area contributed by atoms with Crippen LogP contribution in [0.25, 0.3) is 0 Å². The molecule has 0 fully saturated rings. The number of anilines is 1. The van der Waals surface area contributed by atoms with Crippen LogP contribution in [0, 0.1) is 10.1 Å². The molecular weight excluding hydrogens is 325 g/mol. The molecule has 5 nitrogen and oxygen atoms in total. The minimum Gasteiger partial charge on any atom is -0.353 e. The Morgan fingerprint density at radius 2 is 2.14 bits per heavy atom. The minimum absolute atomic E-state index is 0.255. The number of benzene rings is 1. The van der Waals surface area contributed by atoms with E-state index in [0.29, 0.717) is 21.6 Å². The predicted octanol–water partition coefficient (Wildman–Crippen LogP) is 4.72. The second-order valence-electron chi connectivity index (χ2n) is 4.64. The molecular formula is C15H13Cl2N3O2. The van der Waals surface area contributed by atoms with Gasteiger partial charge < -0.3 is 5.32 Å². The fourth-order valence-corrected chi connectivity index (χ4v) is 2.22. The lowest BCUT2D eigenvalue weighted by Gasteiger charge is -2.16. The van der Waals surface area contributed by atoms with Crippen molar-refractivity contribution in [1.82, 2.24) is 4.98 Å². The van der Waals surface area contributed by atoms with E-state index in [1.807, 2.05) is 6.92 Å². The normalized spacial score (nSPS) is 12.8. The lowest BCUT2D eigenvalue weighted by Crippen LogP contribution is -2.10. The van der Waals surface area contributed by atoms with Gasteiger partial charge in [0.2, 0.25) is 0 Å². The highest BCUT2D eigenvalue weighted by Crippen LogP contribution is 2.26. The molecule has 7 heteroatoms. The first-order valence-corrected chi connectivity index (χ1v) is 7.20. The number of hydrogen-bond acceptors (Lipinski definition) is 4. The fraction of sp³-hybridized carbons (Fsp3) is 0.133. The third-order valence-corrected chi connectivity index (χ3v) is 3.53. The molecule has 0 aliphatic rings. The van der Waals surface area contributed by atoms with Crippen molar-refractivity contribution in [1.29, 1.82) is 0 Å². The molecule has 114 valence electrons. The van der Waals surface area contributed by atoms with Crippen molar-refractivity contribution in [2.24, 2.45) is 0 Å². The van der Waals surface area contributed by atoms with Gasteiger partial charge in [0.1, 0.15) is 5.15 Å². The molecule has 1 heterocycles. The number of nitro groups is 1. The van der Waals surface area contributed by atoms with E-state index in [1.54, 1.807) is 42.6 Å². The molecule has 0 radical (unpaired) electrons. The van der Waals surface area contributed by atoms with E-state index in [-0.39, 0.29) is 5.92 Å². The van der Waals surface area contributed by atoms with E-state index in [4.69, 9.17) is 23.2 Å². The first kappa shape index (κ1) is 16.3. The first-order valence-electron chi connectivity index (χ1n) is 6.45. The fourth-order valence-electron chi connectivity index (χ4n) is 1.92. The Hall–Kier alpha value is -2.11. The minimum atomic E-state index is -0.493. The van der Waals surface area contributed by atoms with Gasteiger partial charge in [-0.25, -0.2) is 4.98 Å². The van der Waals surface area contributed by atoms with Crippen LogP contribution in [-0.2, 0) is 0 Å². The van der Waals surface area contributed by atoms with Crippen molar-refractivity contribution in [2.45, 2.75) is 12.8 Å². The second-order valence-corrected chi connectivity index (χ2v) is 5.46. The molecule has 2 rings (SSSR count). The molecule has 1 aromatic carbocycles. The van der Waals surface area contributed by atoms with Crippen LogP contribution in [0.2, 0.25) is 10.2 Å². The average molecular weight is 338 g/mol. The Balaban J connectivity index is 2.30. The van der Waals surface area contributed by atoms with Crippen molar-refractivity contribution in [3.8, 4) is 0 Å². The van der Waals surface area contributed by atoms with Gasteiger partial charge in [-0.15, -0.1) is 0 Å². The third kappa shape index (κ3) is 4.44. The highest BCUT2D eigenvalue weighted by atomic mass is 35.5. The van der Waals surface area contributed by atoms with Crippen LogP contribution in [0.5, 0.6) is 0 Å². The Labute approximate surface area is 137 Å². The van der Waals surface area contributed by atoms with Crippen molar-refractivity contribution >= 4 is 28.9 Å².